The third-order valence-corrected chi connectivity index (χ3v) is 4.95. The van der Waals surface area contributed by atoms with E-state index in [-0.39, 0.29) is 0 Å². The van der Waals surface area contributed by atoms with Crippen molar-refractivity contribution in [3.8, 4) is 10.4 Å². The van der Waals surface area contributed by atoms with Gasteiger partial charge in [-0.3, -0.25) is 0 Å². The van der Waals surface area contributed by atoms with Crippen molar-refractivity contribution in [2.75, 3.05) is 5.73 Å². The van der Waals surface area contributed by atoms with Gasteiger partial charge in [-0.1, -0.05) is 43.3 Å². The van der Waals surface area contributed by atoms with Crippen LogP contribution in [0.4, 0.5) is 5.82 Å². The van der Waals surface area contributed by atoms with Crippen molar-refractivity contribution in [1.82, 2.24) is 5.16 Å². The maximum absolute atomic E-state index is 5.94. The molecule has 0 amide bonds. The number of hydrogen-bond acceptors (Lipinski definition) is 4. The van der Waals surface area contributed by atoms with Crippen molar-refractivity contribution >= 4 is 17.2 Å². The van der Waals surface area contributed by atoms with Gasteiger partial charge in [-0.2, -0.15) is 0 Å². The summed E-state index contributed by atoms with van der Waals surface area (Å²) in [6.45, 7) is 0. The summed E-state index contributed by atoms with van der Waals surface area (Å²) in [4.78, 5) is 1.16. The van der Waals surface area contributed by atoms with E-state index in [1.807, 2.05) is 6.07 Å². The number of aryl methyl sites for hydroxylation is 1. The lowest BCUT2D eigenvalue weighted by molar-refractivity contribution is 0.318. The highest BCUT2D eigenvalue weighted by Gasteiger charge is 2.19. The van der Waals surface area contributed by atoms with Crippen molar-refractivity contribution in [2.24, 2.45) is 5.92 Å². The zero-order valence-corrected chi connectivity index (χ0v) is 11.9. The van der Waals surface area contributed by atoms with Crippen LogP contribution < -0.4 is 5.73 Å². The second-order valence-corrected chi connectivity index (χ2v) is 6.33. The molecule has 1 fully saturated rings. The topological polar surface area (TPSA) is 52.0 Å². The largest absolute Gasteiger partial charge is 0.380 e. The molecule has 0 aliphatic heterocycles. The fraction of sp³-hybridized carbons (Fsp3) is 0.533. The van der Waals surface area contributed by atoms with E-state index in [4.69, 9.17) is 10.3 Å². The Bertz CT molecular complexity index is 512. The van der Waals surface area contributed by atoms with Crippen LogP contribution in [0.3, 0.4) is 0 Å². The lowest BCUT2D eigenvalue weighted by Crippen LogP contribution is -2.07. The van der Waals surface area contributed by atoms with Crippen LogP contribution >= 0.6 is 11.3 Å². The SMILES string of the molecule is Nc1noc(CCC2CCCCC2)c1-c1cccs1. The van der Waals surface area contributed by atoms with Gasteiger partial charge in [0.25, 0.3) is 0 Å². The number of aromatic nitrogens is 1. The van der Waals surface area contributed by atoms with Gasteiger partial charge >= 0.3 is 0 Å². The van der Waals surface area contributed by atoms with Crippen LogP contribution in [0.5, 0.6) is 0 Å². The Kier molecular flexibility index (Phi) is 3.87. The van der Waals surface area contributed by atoms with Crippen molar-refractivity contribution in [2.45, 2.75) is 44.9 Å². The third-order valence-electron chi connectivity index (χ3n) is 4.06. The lowest BCUT2D eigenvalue weighted by Gasteiger charge is -2.20. The fourth-order valence-corrected chi connectivity index (χ4v) is 3.80. The molecule has 2 aromatic heterocycles. The first-order valence-corrected chi connectivity index (χ1v) is 8.00. The number of nitrogens with zero attached hydrogens (tertiary/aromatic N) is 1. The first-order chi connectivity index (χ1) is 9.34. The molecule has 0 atom stereocenters. The molecule has 0 spiro atoms. The van der Waals surface area contributed by atoms with E-state index in [1.54, 1.807) is 11.3 Å². The predicted molar refractivity (Wildman–Crippen MR) is 79.1 cm³/mol. The molecule has 2 N–H and O–H groups in total. The molecule has 0 unspecified atom stereocenters. The summed E-state index contributed by atoms with van der Waals surface area (Å²) in [5.74, 6) is 2.35. The predicted octanol–water partition coefficient (Wildman–Crippen LogP) is 4.50. The van der Waals surface area contributed by atoms with Crippen LogP contribution in [0.1, 0.15) is 44.3 Å². The molecule has 0 saturated heterocycles. The smallest absolute Gasteiger partial charge is 0.175 e. The molecule has 3 nitrogen and oxygen atoms in total. The van der Waals surface area contributed by atoms with Crippen LogP contribution in [0, 0.1) is 5.92 Å². The molecular weight excluding hydrogens is 256 g/mol. The minimum Gasteiger partial charge on any atom is -0.380 e. The second-order valence-electron chi connectivity index (χ2n) is 5.39. The van der Waals surface area contributed by atoms with Crippen molar-refractivity contribution < 1.29 is 4.52 Å². The molecule has 1 aliphatic carbocycles. The first kappa shape index (κ1) is 12.7. The summed E-state index contributed by atoms with van der Waals surface area (Å²) < 4.78 is 5.44. The summed E-state index contributed by atoms with van der Waals surface area (Å²) in [5, 5.41) is 6.01. The van der Waals surface area contributed by atoms with E-state index in [0.717, 1.165) is 28.5 Å². The van der Waals surface area contributed by atoms with Crippen LogP contribution in [-0.4, -0.2) is 5.16 Å². The van der Waals surface area contributed by atoms with E-state index < -0.39 is 0 Å². The maximum atomic E-state index is 5.94. The highest BCUT2D eigenvalue weighted by molar-refractivity contribution is 7.13. The van der Waals surface area contributed by atoms with E-state index in [9.17, 15) is 0 Å². The van der Waals surface area contributed by atoms with Crippen molar-refractivity contribution in [1.29, 1.82) is 0 Å². The van der Waals surface area contributed by atoms with Crippen LogP contribution in [0.15, 0.2) is 22.0 Å². The molecule has 0 radical (unpaired) electrons. The summed E-state index contributed by atoms with van der Waals surface area (Å²) in [5.41, 5.74) is 6.96. The third kappa shape index (κ3) is 2.84. The summed E-state index contributed by atoms with van der Waals surface area (Å²) >= 11 is 1.69. The number of nitrogens with two attached hydrogens (primary N) is 1. The molecule has 3 rings (SSSR count). The molecule has 1 saturated carbocycles. The molecule has 1 aliphatic rings. The Balaban J connectivity index is 1.71. The molecule has 19 heavy (non-hydrogen) atoms. The zero-order valence-electron chi connectivity index (χ0n) is 11.1. The Morgan fingerprint density at radius 1 is 1.32 bits per heavy atom. The zero-order chi connectivity index (χ0) is 13.1. The van der Waals surface area contributed by atoms with Crippen molar-refractivity contribution in [3.05, 3.63) is 23.3 Å². The average Bonchev–Trinajstić information content (AvgIpc) is 3.07. The second kappa shape index (κ2) is 5.78. The highest BCUT2D eigenvalue weighted by Crippen LogP contribution is 2.35. The normalized spacial score (nSPS) is 16.8. The minimum absolute atomic E-state index is 0.529. The Morgan fingerprint density at radius 3 is 2.89 bits per heavy atom. The van der Waals surface area contributed by atoms with Gasteiger partial charge in [0.05, 0.1) is 5.56 Å². The molecule has 0 bridgehead atoms. The van der Waals surface area contributed by atoms with Gasteiger partial charge in [-0.15, -0.1) is 11.3 Å². The van der Waals surface area contributed by atoms with Crippen LogP contribution in [0.25, 0.3) is 10.4 Å². The summed E-state index contributed by atoms with van der Waals surface area (Å²) in [7, 11) is 0. The summed E-state index contributed by atoms with van der Waals surface area (Å²) in [6, 6.07) is 4.12. The minimum atomic E-state index is 0.529. The Morgan fingerprint density at radius 2 is 2.16 bits per heavy atom. The van der Waals surface area contributed by atoms with E-state index in [2.05, 4.69) is 16.6 Å². The number of nitrogen functional groups attached to an aromatic ring is 1. The van der Waals surface area contributed by atoms with Crippen LogP contribution in [-0.2, 0) is 6.42 Å². The average molecular weight is 276 g/mol. The quantitative estimate of drug-likeness (QED) is 0.894. The van der Waals surface area contributed by atoms with Gasteiger partial charge in [-0.25, -0.2) is 0 Å². The Labute approximate surface area is 117 Å². The fourth-order valence-electron chi connectivity index (χ4n) is 3.00. The van der Waals surface area contributed by atoms with Crippen LogP contribution in [0.2, 0.25) is 0 Å². The summed E-state index contributed by atoms with van der Waals surface area (Å²) in [6.07, 6.45) is 9.10. The van der Waals surface area contributed by atoms with Gasteiger partial charge in [0.15, 0.2) is 5.82 Å². The standard InChI is InChI=1S/C15H20N2OS/c16-15-14(13-7-4-10-19-13)12(18-17-15)9-8-11-5-2-1-3-6-11/h4,7,10-11H,1-3,5-6,8-9H2,(H2,16,17). The molecule has 2 heterocycles. The number of rotatable bonds is 4. The number of hydrogen-bond donors (Lipinski definition) is 1. The van der Waals surface area contributed by atoms with Gasteiger partial charge in [0.1, 0.15) is 5.76 Å². The van der Waals surface area contributed by atoms with Crippen molar-refractivity contribution in [3.63, 3.8) is 0 Å². The Hall–Kier alpha value is -1.29. The lowest BCUT2D eigenvalue weighted by atomic mass is 9.85. The molecule has 0 aromatic carbocycles. The van der Waals surface area contributed by atoms with E-state index in [0.29, 0.717) is 5.82 Å². The van der Waals surface area contributed by atoms with E-state index >= 15 is 0 Å². The first-order valence-electron chi connectivity index (χ1n) is 7.12. The van der Waals surface area contributed by atoms with Gasteiger partial charge < -0.3 is 10.3 Å². The van der Waals surface area contributed by atoms with Gasteiger partial charge in [0, 0.05) is 11.3 Å². The molecule has 4 heteroatoms. The number of anilines is 1. The monoisotopic (exact) mass is 276 g/mol. The highest BCUT2D eigenvalue weighted by atomic mass is 32.1. The van der Waals surface area contributed by atoms with E-state index in [1.165, 1.54) is 38.5 Å². The van der Waals surface area contributed by atoms with Gasteiger partial charge in [-0.05, 0) is 23.8 Å². The molecule has 2 aromatic rings. The maximum Gasteiger partial charge on any atom is 0.175 e. The molecule has 102 valence electrons. The van der Waals surface area contributed by atoms with Gasteiger partial charge in [0.2, 0.25) is 0 Å². The number of thiophene rings is 1. The molecular formula is C15H20N2OS.